The number of hydrogen-bond donors (Lipinski definition) is 0. The molecule has 1 aliphatic carbocycles. The lowest BCUT2D eigenvalue weighted by Crippen LogP contribution is -2.30. The largest absolute Gasteiger partial charge is 0.492 e. The molecule has 0 radical (unpaired) electrons. The summed E-state index contributed by atoms with van der Waals surface area (Å²) >= 11 is 0. The van der Waals surface area contributed by atoms with Crippen LogP contribution < -0.4 is 4.74 Å². The van der Waals surface area contributed by atoms with Gasteiger partial charge in [0.15, 0.2) is 5.78 Å². The summed E-state index contributed by atoms with van der Waals surface area (Å²) in [5.74, 6) is 0.761. The normalized spacial score (nSPS) is 26.7. The number of esters is 1. The summed E-state index contributed by atoms with van der Waals surface area (Å²) in [7, 11) is 0. The number of carbonyl (C=O) groups is 2. The van der Waals surface area contributed by atoms with E-state index in [9.17, 15) is 9.59 Å². The monoisotopic (exact) mass is 260 g/mol. The van der Waals surface area contributed by atoms with Gasteiger partial charge in [0.2, 0.25) is 0 Å². The Kier molecular flexibility index (Phi) is 2.62. The van der Waals surface area contributed by atoms with Crippen LogP contribution >= 0.6 is 0 Å². The highest BCUT2D eigenvalue weighted by Gasteiger charge is 2.65. The van der Waals surface area contributed by atoms with Gasteiger partial charge in [0, 0.05) is 11.5 Å². The molecular formula is C15H16O4. The minimum atomic E-state index is -0.485. The third-order valence-electron chi connectivity index (χ3n) is 4.04. The number of ether oxygens (including phenoxy) is 2. The van der Waals surface area contributed by atoms with E-state index in [1.165, 1.54) is 6.92 Å². The Morgan fingerprint density at radius 1 is 1.47 bits per heavy atom. The number of rotatable bonds is 3. The first kappa shape index (κ1) is 12.2. The molecule has 1 saturated carbocycles. The van der Waals surface area contributed by atoms with E-state index in [4.69, 9.17) is 9.47 Å². The van der Waals surface area contributed by atoms with Gasteiger partial charge in [-0.2, -0.15) is 0 Å². The summed E-state index contributed by atoms with van der Waals surface area (Å²) in [4.78, 5) is 23.3. The second-order valence-corrected chi connectivity index (χ2v) is 5.23. The molecule has 1 aromatic rings. The van der Waals surface area contributed by atoms with Gasteiger partial charge >= 0.3 is 5.97 Å². The quantitative estimate of drug-likeness (QED) is 0.618. The topological polar surface area (TPSA) is 52.6 Å². The Hall–Kier alpha value is -1.84. The molecule has 0 N–H and O–H groups in total. The fourth-order valence-corrected chi connectivity index (χ4v) is 2.80. The molecule has 3 rings (SSSR count). The van der Waals surface area contributed by atoms with Crippen LogP contribution in [0.5, 0.6) is 5.75 Å². The summed E-state index contributed by atoms with van der Waals surface area (Å²) in [5.41, 5.74) is 1.17. The highest BCUT2D eigenvalue weighted by atomic mass is 16.5. The van der Waals surface area contributed by atoms with Crippen molar-refractivity contribution < 1.29 is 19.1 Å². The van der Waals surface area contributed by atoms with Crippen LogP contribution in [-0.2, 0) is 9.53 Å². The third-order valence-corrected chi connectivity index (χ3v) is 4.04. The van der Waals surface area contributed by atoms with Crippen molar-refractivity contribution >= 4 is 11.8 Å². The van der Waals surface area contributed by atoms with Crippen molar-refractivity contribution in [1.82, 2.24) is 0 Å². The molecule has 1 aromatic carbocycles. The summed E-state index contributed by atoms with van der Waals surface area (Å²) in [6.07, 6.45) is 0.776. The molecule has 1 aliphatic heterocycles. The molecule has 1 heterocycles. The zero-order valence-electron chi connectivity index (χ0n) is 11.1. The molecule has 4 nitrogen and oxygen atoms in total. The van der Waals surface area contributed by atoms with Gasteiger partial charge in [-0.3, -0.25) is 9.59 Å². The van der Waals surface area contributed by atoms with Crippen molar-refractivity contribution in [2.75, 3.05) is 13.2 Å². The van der Waals surface area contributed by atoms with Crippen LogP contribution in [0.2, 0.25) is 0 Å². The molecule has 2 atom stereocenters. The molecule has 19 heavy (non-hydrogen) atoms. The first-order valence-corrected chi connectivity index (χ1v) is 6.53. The predicted octanol–water partition coefficient (Wildman–Crippen LogP) is 2.32. The van der Waals surface area contributed by atoms with E-state index < -0.39 is 5.41 Å². The SMILES string of the molecule is CCOC(=O)[C@@]12COc3cc(C(C)=O)ccc3[C@H]1C2. The van der Waals surface area contributed by atoms with Crippen LogP contribution in [0.25, 0.3) is 0 Å². The van der Waals surface area contributed by atoms with Crippen LogP contribution in [0, 0.1) is 5.41 Å². The average Bonchev–Trinajstić information content (AvgIpc) is 3.14. The van der Waals surface area contributed by atoms with E-state index in [1.54, 1.807) is 12.1 Å². The first-order valence-electron chi connectivity index (χ1n) is 6.53. The molecule has 0 spiro atoms. The molecule has 0 aromatic heterocycles. The summed E-state index contributed by atoms with van der Waals surface area (Å²) in [6, 6.07) is 5.46. The minimum Gasteiger partial charge on any atom is -0.492 e. The average molecular weight is 260 g/mol. The first-order chi connectivity index (χ1) is 9.08. The van der Waals surface area contributed by atoms with Crippen molar-refractivity contribution in [1.29, 1.82) is 0 Å². The summed E-state index contributed by atoms with van der Waals surface area (Å²) in [5, 5.41) is 0. The molecule has 0 unspecified atom stereocenters. The molecule has 0 amide bonds. The van der Waals surface area contributed by atoms with E-state index in [1.807, 2.05) is 13.0 Å². The van der Waals surface area contributed by atoms with Gasteiger partial charge in [0.05, 0.1) is 6.61 Å². The number of Topliss-reactive ketones (excluding diaryl/α,β-unsaturated/α-hetero) is 1. The highest BCUT2D eigenvalue weighted by Crippen LogP contribution is 2.64. The second-order valence-electron chi connectivity index (χ2n) is 5.23. The lowest BCUT2D eigenvalue weighted by molar-refractivity contribution is -0.151. The van der Waals surface area contributed by atoms with Crippen LogP contribution in [0.4, 0.5) is 0 Å². The number of carbonyl (C=O) groups excluding carboxylic acids is 2. The predicted molar refractivity (Wildman–Crippen MR) is 68.4 cm³/mol. The van der Waals surface area contributed by atoms with E-state index in [0.717, 1.165) is 17.7 Å². The Morgan fingerprint density at radius 2 is 2.26 bits per heavy atom. The zero-order valence-corrected chi connectivity index (χ0v) is 11.1. The molecule has 0 saturated heterocycles. The smallest absolute Gasteiger partial charge is 0.316 e. The molecule has 0 bridgehead atoms. The third kappa shape index (κ3) is 1.74. The Labute approximate surface area is 111 Å². The van der Waals surface area contributed by atoms with Gasteiger partial charge in [-0.25, -0.2) is 0 Å². The van der Waals surface area contributed by atoms with Gasteiger partial charge in [-0.15, -0.1) is 0 Å². The van der Waals surface area contributed by atoms with Gasteiger partial charge in [0.1, 0.15) is 17.8 Å². The van der Waals surface area contributed by atoms with Crippen LogP contribution in [0.15, 0.2) is 18.2 Å². The van der Waals surface area contributed by atoms with Crippen molar-refractivity contribution in [2.45, 2.75) is 26.2 Å². The number of hydrogen-bond acceptors (Lipinski definition) is 4. The van der Waals surface area contributed by atoms with Crippen LogP contribution in [-0.4, -0.2) is 25.0 Å². The Bertz CT molecular complexity index is 563. The summed E-state index contributed by atoms with van der Waals surface area (Å²) < 4.78 is 10.8. The van der Waals surface area contributed by atoms with E-state index in [2.05, 4.69) is 0 Å². The van der Waals surface area contributed by atoms with E-state index in [-0.39, 0.29) is 17.7 Å². The van der Waals surface area contributed by atoms with Crippen molar-refractivity contribution in [3.8, 4) is 5.75 Å². The Morgan fingerprint density at radius 3 is 2.95 bits per heavy atom. The maximum atomic E-state index is 12.0. The lowest BCUT2D eigenvalue weighted by atomic mass is 9.95. The van der Waals surface area contributed by atoms with E-state index >= 15 is 0 Å². The molecule has 1 fully saturated rings. The minimum absolute atomic E-state index is 0.0180. The van der Waals surface area contributed by atoms with Gasteiger partial charge in [-0.05, 0) is 31.9 Å². The van der Waals surface area contributed by atoms with E-state index in [0.29, 0.717) is 18.8 Å². The molecule has 100 valence electrons. The number of fused-ring (bicyclic) bond motifs is 3. The molecular weight excluding hydrogens is 244 g/mol. The van der Waals surface area contributed by atoms with Crippen LogP contribution in [0.3, 0.4) is 0 Å². The zero-order chi connectivity index (χ0) is 13.6. The van der Waals surface area contributed by atoms with Crippen molar-refractivity contribution in [3.05, 3.63) is 29.3 Å². The van der Waals surface area contributed by atoms with Crippen molar-refractivity contribution in [3.63, 3.8) is 0 Å². The second kappa shape index (κ2) is 4.08. The summed E-state index contributed by atoms with van der Waals surface area (Å²) in [6.45, 7) is 4.08. The molecule has 2 aliphatic rings. The molecule has 4 heteroatoms. The Balaban J connectivity index is 1.90. The number of ketones is 1. The lowest BCUT2D eigenvalue weighted by Gasteiger charge is -2.24. The van der Waals surface area contributed by atoms with Crippen molar-refractivity contribution in [2.24, 2.45) is 5.41 Å². The van der Waals surface area contributed by atoms with Gasteiger partial charge in [0.25, 0.3) is 0 Å². The maximum absolute atomic E-state index is 12.0. The maximum Gasteiger partial charge on any atom is 0.316 e. The standard InChI is InChI=1S/C15H16O4/c1-3-18-14(17)15-7-12(15)11-5-4-10(9(2)16)6-13(11)19-8-15/h4-6,12H,3,7-8H2,1-2H3/t12-,15+/m1/s1. The van der Waals surface area contributed by atoms with Gasteiger partial charge < -0.3 is 9.47 Å². The highest BCUT2D eigenvalue weighted by molar-refractivity contribution is 5.94. The van der Waals surface area contributed by atoms with Crippen LogP contribution in [0.1, 0.15) is 42.1 Å². The van der Waals surface area contributed by atoms with Gasteiger partial charge in [-0.1, -0.05) is 12.1 Å². The fraction of sp³-hybridized carbons (Fsp3) is 0.467. The fourth-order valence-electron chi connectivity index (χ4n) is 2.80. The number of benzene rings is 1.